The molecule has 4 aliphatic rings. The van der Waals surface area contributed by atoms with Crippen LogP contribution in [-0.4, -0.2) is 47.3 Å². The topological polar surface area (TPSA) is 82.5 Å². The second-order valence-electron chi connectivity index (χ2n) is 7.53. The number of ether oxygens (including phenoxy) is 2. The zero-order valence-electron chi connectivity index (χ0n) is 14.0. The second kappa shape index (κ2) is 5.45. The van der Waals surface area contributed by atoms with Crippen LogP contribution in [0.5, 0.6) is 0 Å². The van der Waals surface area contributed by atoms with E-state index in [2.05, 4.69) is 15.2 Å². The van der Waals surface area contributed by atoms with Gasteiger partial charge in [-0.25, -0.2) is 0 Å². The third-order valence-electron chi connectivity index (χ3n) is 5.68. The van der Waals surface area contributed by atoms with Crippen LogP contribution in [0.3, 0.4) is 0 Å². The molecule has 0 aliphatic heterocycles. The van der Waals surface area contributed by atoms with Crippen molar-refractivity contribution in [2.45, 2.75) is 56.2 Å². The van der Waals surface area contributed by atoms with Crippen molar-refractivity contribution < 1.29 is 32.2 Å². The Kier molecular flexibility index (Phi) is 3.63. The van der Waals surface area contributed by atoms with Crippen molar-refractivity contribution in [3.05, 3.63) is 18.0 Å². The van der Waals surface area contributed by atoms with Gasteiger partial charge in [0.25, 0.3) is 5.91 Å². The van der Waals surface area contributed by atoms with Gasteiger partial charge in [-0.15, -0.1) is 13.2 Å². The summed E-state index contributed by atoms with van der Waals surface area (Å²) in [6.45, 7) is 0. The summed E-state index contributed by atoms with van der Waals surface area (Å²) in [5.41, 5.74) is -0.278. The fourth-order valence-electron chi connectivity index (χ4n) is 4.35. The molecule has 26 heavy (non-hydrogen) atoms. The predicted molar refractivity (Wildman–Crippen MR) is 79.9 cm³/mol. The number of aromatic nitrogens is 2. The monoisotopic (exact) mass is 373 g/mol. The van der Waals surface area contributed by atoms with Crippen LogP contribution in [0.4, 0.5) is 13.2 Å². The lowest BCUT2D eigenvalue weighted by Gasteiger charge is -2.67. The van der Waals surface area contributed by atoms with Gasteiger partial charge in [-0.1, -0.05) is 0 Å². The number of halogens is 3. The van der Waals surface area contributed by atoms with Crippen molar-refractivity contribution in [3.63, 3.8) is 0 Å². The summed E-state index contributed by atoms with van der Waals surface area (Å²) in [6, 6.07) is -0.337. The van der Waals surface area contributed by atoms with Gasteiger partial charge in [0, 0.05) is 12.2 Å². The Labute approximate surface area is 146 Å². The first-order chi connectivity index (χ1) is 12.1. The van der Waals surface area contributed by atoms with Crippen molar-refractivity contribution in [2.75, 3.05) is 7.11 Å². The second-order valence-corrected chi connectivity index (χ2v) is 7.53. The molecule has 0 atom stereocenters. The van der Waals surface area contributed by atoms with Crippen LogP contribution in [0.15, 0.2) is 12.4 Å². The summed E-state index contributed by atoms with van der Waals surface area (Å²) >= 11 is 0. The Morgan fingerprint density at radius 2 is 1.96 bits per heavy atom. The van der Waals surface area contributed by atoms with Crippen molar-refractivity contribution in [2.24, 2.45) is 5.41 Å². The van der Waals surface area contributed by atoms with Gasteiger partial charge in [0.2, 0.25) is 0 Å². The highest BCUT2D eigenvalue weighted by atomic mass is 19.4. The van der Waals surface area contributed by atoms with Gasteiger partial charge < -0.3 is 10.1 Å². The van der Waals surface area contributed by atoms with E-state index >= 15 is 0 Å². The van der Waals surface area contributed by atoms with Crippen LogP contribution in [-0.2, 0) is 19.8 Å². The first kappa shape index (κ1) is 17.3. The third-order valence-corrected chi connectivity index (χ3v) is 5.68. The average molecular weight is 373 g/mol. The Morgan fingerprint density at radius 3 is 2.54 bits per heavy atom. The quantitative estimate of drug-likeness (QED) is 0.795. The minimum Gasteiger partial charge on any atom is -0.469 e. The van der Waals surface area contributed by atoms with Gasteiger partial charge in [0.15, 0.2) is 0 Å². The van der Waals surface area contributed by atoms with E-state index in [0.29, 0.717) is 24.8 Å². The van der Waals surface area contributed by atoms with E-state index < -0.39 is 17.9 Å². The number of carbonyl (C=O) groups is 2. The van der Waals surface area contributed by atoms with Crippen molar-refractivity contribution >= 4 is 11.9 Å². The smallest absolute Gasteiger partial charge is 0.469 e. The van der Waals surface area contributed by atoms with Gasteiger partial charge in [-0.05, 0) is 32.1 Å². The molecular weight excluding hydrogens is 355 g/mol. The van der Waals surface area contributed by atoms with E-state index in [0.717, 1.165) is 0 Å². The van der Waals surface area contributed by atoms with Gasteiger partial charge in [-0.2, -0.15) is 5.10 Å². The fourth-order valence-corrected chi connectivity index (χ4v) is 4.35. The molecule has 1 aromatic heterocycles. The molecule has 4 aliphatic carbocycles. The maximum absolute atomic E-state index is 12.2. The minimum absolute atomic E-state index is 0.130. The molecule has 0 radical (unpaired) electrons. The number of methoxy groups -OCH3 is 1. The maximum Gasteiger partial charge on any atom is 0.522 e. The van der Waals surface area contributed by atoms with Gasteiger partial charge >= 0.3 is 12.3 Å². The Balaban J connectivity index is 1.29. The lowest BCUT2D eigenvalue weighted by molar-refractivity contribution is -0.351. The summed E-state index contributed by atoms with van der Waals surface area (Å²) in [4.78, 5) is 23.9. The standard InChI is InChI=1S/C16H18F3N3O4/c1-25-13(24)14-6-15(7-14,8-14)22-5-9(4-20-22)12(23)21-10-2-11(3-10)26-16(17,18)19/h4-5,10-11H,2-3,6-8H2,1H3,(H,21,23)/t10-,11+,14?,15?. The van der Waals surface area contributed by atoms with Crippen LogP contribution < -0.4 is 5.32 Å². The van der Waals surface area contributed by atoms with E-state index in [9.17, 15) is 22.8 Å². The summed E-state index contributed by atoms with van der Waals surface area (Å²) in [6.07, 6.45) is -0.294. The highest BCUT2D eigenvalue weighted by molar-refractivity contribution is 5.94. The van der Waals surface area contributed by atoms with Gasteiger partial charge in [-0.3, -0.25) is 19.0 Å². The van der Waals surface area contributed by atoms with E-state index in [1.807, 2.05) is 0 Å². The highest BCUT2D eigenvalue weighted by Crippen LogP contribution is 2.71. The molecule has 0 unspecified atom stereocenters. The minimum atomic E-state index is -4.65. The zero-order valence-corrected chi connectivity index (χ0v) is 14.0. The molecule has 4 fully saturated rings. The normalized spacial score (nSPS) is 34.9. The molecule has 0 spiro atoms. The maximum atomic E-state index is 12.2. The molecule has 5 rings (SSSR count). The lowest BCUT2D eigenvalue weighted by atomic mass is 9.39. The molecule has 142 valence electrons. The summed E-state index contributed by atoms with van der Waals surface area (Å²) in [7, 11) is 1.37. The van der Waals surface area contributed by atoms with Crippen molar-refractivity contribution in [3.8, 4) is 0 Å². The van der Waals surface area contributed by atoms with Crippen molar-refractivity contribution in [1.29, 1.82) is 0 Å². The van der Waals surface area contributed by atoms with E-state index in [1.165, 1.54) is 13.3 Å². The number of esters is 1. The van der Waals surface area contributed by atoms with Crippen LogP contribution >= 0.6 is 0 Å². The first-order valence-electron chi connectivity index (χ1n) is 8.34. The number of amides is 1. The molecular formula is C16H18F3N3O4. The molecule has 4 saturated carbocycles. The predicted octanol–water partition coefficient (Wildman–Crippen LogP) is 1.73. The number of alkyl halides is 3. The number of nitrogens with zero attached hydrogens (tertiary/aromatic N) is 2. The largest absolute Gasteiger partial charge is 0.522 e. The molecule has 2 bridgehead atoms. The Morgan fingerprint density at radius 1 is 1.31 bits per heavy atom. The molecule has 1 amide bonds. The van der Waals surface area contributed by atoms with Crippen LogP contribution in [0.25, 0.3) is 0 Å². The average Bonchev–Trinajstić information content (AvgIpc) is 2.90. The number of nitrogens with one attached hydrogen (secondary N) is 1. The molecule has 1 heterocycles. The molecule has 1 aromatic rings. The van der Waals surface area contributed by atoms with E-state index in [4.69, 9.17) is 4.74 Å². The zero-order chi connectivity index (χ0) is 18.7. The van der Waals surface area contributed by atoms with Gasteiger partial charge in [0.05, 0.1) is 35.9 Å². The Hall–Kier alpha value is -2.10. The van der Waals surface area contributed by atoms with E-state index in [1.54, 1.807) is 10.9 Å². The van der Waals surface area contributed by atoms with Crippen molar-refractivity contribution in [1.82, 2.24) is 15.1 Å². The summed E-state index contributed by atoms with van der Waals surface area (Å²) < 4.78 is 46.7. The first-order valence-corrected chi connectivity index (χ1v) is 8.34. The molecule has 0 saturated heterocycles. The molecule has 1 N–H and O–H groups in total. The summed E-state index contributed by atoms with van der Waals surface area (Å²) in [5.74, 6) is -0.578. The molecule has 10 heteroatoms. The Bertz CT molecular complexity index is 734. The van der Waals surface area contributed by atoms with Gasteiger partial charge in [0.1, 0.15) is 0 Å². The van der Waals surface area contributed by atoms with E-state index in [-0.39, 0.29) is 36.3 Å². The number of hydrogen-bond donors (Lipinski definition) is 1. The SMILES string of the molecule is COC(=O)C12CC(n3cc(C(=O)N[C@H]4C[C@@H](OC(F)(F)F)C4)cn3)(C1)C2. The third kappa shape index (κ3) is 2.67. The van der Waals surface area contributed by atoms with Crippen LogP contribution in [0.1, 0.15) is 42.5 Å². The summed E-state index contributed by atoms with van der Waals surface area (Å²) in [5, 5.41) is 6.91. The number of hydrogen-bond acceptors (Lipinski definition) is 5. The number of rotatable bonds is 5. The lowest BCUT2D eigenvalue weighted by Crippen LogP contribution is -2.71. The highest BCUT2D eigenvalue weighted by Gasteiger charge is 2.74. The number of carbonyl (C=O) groups excluding carboxylic acids is 2. The molecule has 0 aromatic carbocycles. The van der Waals surface area contributed by atoms with Crippen LogP contribution in [0.2, 0.25) is 0 Å². The molecule has 7 nitrogen and oxygen atoms in total. The van der Waals surface area contributed by atoms with Crippen LogP contribution in [0, 0.1) is 5.41 Å². The fraction of sp³-hybridized carbons (Fsp3) is 0.688.